The highest BCUT2D eigenvalue weighted by Gasteiger charge is 2.21. The molecule has 1 heterocycles. The molecular weight excluding hydrogens is 257 g/mol. The lowest BCUT2D eigenvalue weighted by Crippen LogP contribution is -2.19. The zero-order chi connectivity index (χ0) is 14.9. The molecule has 1 atom stereocenters. The molecule has 20 heavy (non-hydrogen) atoms. The van der Waals surface area contributed by atoms with Gasteiger partial charge in [0.1, 0.15) is 0 Å². The second-order valence-corrected chi connectivity index (χ2v) is 4.82. The summed E-state index contributed by atoms with van der Waals surface area (Å²) in [5, 5.41) is 7.65. The van der Waals surface area contributed by atoms with E-state index in [-0.39, 0.29) is 17.6 Å². The highest BCUT2D eigenvalue weighted by molar-refractivity contribution is 5.39. The minimum Gasteiger partial charge on any atom is -0.494 e. The Kier molecular flexibility index (Phi) is 4.09. The van der Waals surface area contributed by atoms with E-state index >= 15 is 0 Å². The van der Waals surface area contributed by atoms with E-state index in [9.17, 15) is 4.39 Å². The number of aromatic nitrogens is 2. The van der Waals surface area contributed by atoms with Gasteiger partial charge in [-0.05, 0) is 38.6 Å². The predicted octanol–water partition coefficient (Wildman–Crippen LogP) is 2.49. The van der Waals surface area contributed by atoms with Crippen molar-refractivity contribution >= 4 is 0 Å². The predicted molar refractivity (Wildman–Crippen MR) is 76.5 cm³/mol. The number of aryl methyl sites for hydroxylation is 2. The number of hydrogen-bond donors (Lipinski definition) is 1. The van der Waals surface area contributed by atoms with Crippen LogP contribution in [0.25, 0.3) is 0 Å². The third kappa shape index (κ3) is 2.41. The molecule has 2 aromatic rings. The van der Waals surface area contributed by atoms with E-state index in [4.69, 9.17) is 4.74 Å². The van der Waals surface area contributed by atoms with Gasteiger partial charge < -0.3 is 10.1 Å². The summed E-state index contributed by atoms with van der Waals surface area (Å²) in [5.41, 5.74) is 3.95. The van der Waals surface area contributed by atoms with E-state index in [0.29, 0.717) is 0 Å². The second-order valence-electron chi connectivity index (χ2n) is 4.82. The quantitative estimate of drug-likeness (QED) is 0.933. The summed E-state index contributed by atoms with van der Waals surface area (Å²) >= 11 is 0. The Morgan fingerprint density at radius 1 is 1.35 bits per heavy atom. The summed E-state index contributed by atoms with van der Waals surface area (Å²) in [4.78, 5) is 0. The monoisotopic (exact) mass is 277 g/mol. The number of halogens is 1. The number of ether oxygens (including phenoxy) is 1. The molecule has 0 fully saturated rings. The van der Waals surface area contributed by atoms with Crippen LogP contribution in [0.4, 0.5) is 4.39 Å². The summed E-state index contributed by atoms with van der Waals surface area (Å²) < 4.78 is 20.7. The van der Waals surface area contributed by atoms with Crippen LogP contribution in [-0.2, 0) is 7.05 Å². The molecule has 0 radical (unpaired) electrons. The van der Waals surface area contributed by atoms with Crippen LogP contribution in [-0.4, -0.2) is 23.9 Å². The molecule has 2 rings (SSSR count). The zero-order valence-corrected chi connectivity index (χ0v) is 12.5. The van der Waals surface area contributed by atoms with Gasteiger partial charge in [-0.2, -0.15) is 5.10 Å². The number of methoxy groups -OCH3 is 1. The first kappa shape index (κ1) is 14.5. The van der Waals surface area contributed by atoms with E-state index in [2.05, 4.69) is 10.4 Å². The third-order valence-corrected chi connectivity index (χ3v) is 3.65. The van der Waals surface area contributed by atoms with Crippen molar-refractivity contribution < 1.29 is 9.13 Å². The molecule has 0 saturated carbocycles. The SMILES string of the molecule is CNC(c1ccc(OC)c(F)c1)c1c(C)nn(C)c1C. The molecule has 0 aliphatic heterocycles. The molecule has 0 amide bonds. The maximum atomic E-state index is 13.9. The fourth-order valence-corrected chi connectivity index (χ4v) is 2.55. The van der Waals surface area contributed by atoms with Crippen molar-refractivity contribution in [1.29, 1.82) is 0 Å². The summed E-state index contributed by atoms with van der Waals surface area (Å²) in [6.07, 6.45) is 0. The Morgan fingerprint density at radius 2 is 2.05 bits per heavy atom. The number of hydrogen-bond acceptors (Lipinski definition) is 3. The van der Waals surface area contributed by atoms with Crippen LogP contribution in [0.5, 0.6) is 5.75 Å². The topological polar surface area (TPSA) is 39.1 Å². The minimum absolute atomic E-state index is 0.0934. The molecule has 5 heteroatoms. The van der Waals surface area contributed by atoms with E-state index in [1.165, 1.54) is 13.2 Å². The van der Waals surface area contributed by atoms with Crippen LogP contribution in [0.15, 0.2) is 18.2 Å². The van der Waals surface area contributed by atoms with Crippen LogP contribution >= 0.6 is 0 Å². The Hall–Kier alpha value is -1.88. The molecule has 1 N–H and O–H groups in total. The van der Waals surface area contributed by atoms with Gasteiger partial charge in [-0.15, -0.1) is 0 Å². The van der Waals surface area contributed by atoms with Crippen molar-refractivity contribution in [1.82, 2.24) is 15.1 Å². The number of benzene rings is 1. The number of nitrogens with one attached hydrogen (secondary N) is 1. The fourth-order valence-electron chi connectivity index (χ4n) is 2.55. The van der Waals surface area contributed by atoms with Gasteiger partial charge in [0.25, 0.3) is 0 Å². The molecule has 1 aromatic carbocycles. The van der Waals surface area contributed by atoms with Crippen molar-refractivity contribution in [3.05, 3.63) is 46.5 Å². The maximum Gasteiger partial charge on any atom is 0.165 e. The zero-order valence-electron chi connectivity index (χ0n) is 12.5. The van der Waals surface area contributed by atoms with Gasteiger partial charge in [-0.25, -0.2) is 4.39 Å². The van der Waals surface area contributed by atoms with Gasteiger partial charge in [-0.1, -0.05) is 6.07 Å². The highest BCUT2D eigenvalue weighted by Crippen LogP contribution is 2.29. The lowest BCUT2D eigenvalue weighted by Gasteiger charge is -2.18. The molecule has 1 unspecified atom stereocenters. The van der Waals surface area contributed by atoms with Crippen LogP contribution in [0.1, 0.15) is 28.6 Å². The number of rotatable bonds is 4. The van der Waals surface area contributed by atoms with Crippen LogP contribution in [0, 0.1) is 19.7 Å². The molecule has 0 bridgehead atoms. The van der Waals surface area contributed by atoms with Gasteiger partial charge >= 0.3 is 0 Å². The molecule has 4 nitrogen and oxygen atoms in total. The smallest absolute Gasteiger partial charge is 0.165 e. The van der Waals surface area contributed by atoms with Gasteiger partial charge in [0.15, 0.2) is 11.6 Å². The molecule has 0 spiro atoms. The first-order valence-electron chi connectivity index (χ1n) is 6.50. The Labute approximate surface area is 118 Å². The summed E-state index contributed by atoms with van der Waals surface area (Å²) in [6.45, 7) is 3.98. The standard InChI is InChI=1S/C15H20FN3O/c1-9-14(10(2)19(4)18-9)15(17-3)11-6-7-13(20-5)12(16)8-11/h6-8,15,17H,1-5H3. The molecule has 1 aromatic heterocycles. The van der Waals surface area contributed by atoms with E-state index < -0.39 is 0 Å². The summed E-state index contributed by atoms with van der Waals surface area (Å²) in [6, 6.07) is 4.93. The molecular formula is C15H20FN3O. The maximum absolute atomic E-state index is 13.9. The van der Waals surface area contributed by atoms with Crippen molar-refractivity contribution in [2.75, 3.05) is 14.2 Å². The van der Waals surface area contributed by atoms with Crippen LogP contribution in [0.3, 0.4) is 0 Å². The summed E-state index contributed by atoms with van der Waals surface area (Å²) in [7, 11) is 5.23. The normalized spacial score (nSPS) is 12.5. The largest absolute Gasteiger partial charge is 0.494 e. The average Bonchev–Trinajstić information content (AvgIpc) is 2.66. The molecule has 0 aliphatic carbocycles. The van der Waals surface area contributed by atoms with Gasteiger partial charge in [-0.3, -0.25) is 4.68 Å². The lowest BCUT2D eigenvalue weighted by atomic mass is 9.97. The lowest BCUT2D eigenvalue weighted by molar-refractivity contribution is 0.386. The molecule has 0 aliphatic rings. The van der Waals surface area contributed by atoms with Crippen molar-refractivity contribution in [3.8, 4) is 5.75 Å². The Balaban J connectivity index is 2.50. The highest BCUT2D eigenvalue weighted by atomic mass is 19.1. The van der Waals surface area contributed by atoms with Crippen LogP contribution in [0.2, 0.25) is 0 Å². The van der Waals surface area contributed by atoms with E-state index in [1.54, 1.807) is 6.07 Å². The van der Waals surface area contributed by atoms with Crippen molar-refractivity contribution in [2.45, 2.75) is 19.9 Å². The second kappa shape index (κ2) is 5.63. The minimum atomic E-state index is -0.357. The molecule has 108 valence electrons. The third-order valence-electron chi connectivity index (χ3n) is 3.65. The van der Waals surface area contributed by atoms with Crippen molar-refractivity contribution in [3.63, 3.8) is 0 Å². The average molecular weight is 277 g/mol. The van der Waals surface area contributed by atoms with Gasteiger partial charge in [0.05, 0.1) is 18.8 Å². The summed E-state index contributed by atoms with van der Waals surface area (Å²) in [5.74, 6) is -0.104. The van der Waals surface area contributed by atoms with Crippen molar-refractivity contribution in [2.24, 2.45) is 7.05 Å². The first-order chi connectivity index (χ1) is 9.49. The Morgan fingerprint density at radius 3 is 2.50 bits per heavy atom. The van der Waals surface area contributed by atoms with Gasteiger partial charge in [0.2, 0.25) is 0 Å². The Bertz CT molecular complexity index is 622. The first-order valence-corrected chi connectivity index (χ1v) is 6.50. The number of nitrogens with zero attached hydrogens (tertiary/aromatic N) is 2. The van der Waals surface area contributed by atoms with Crippen LogP contribution < -0.4 is 10.1 Å². The van der Waals surface area contributed by atoms with Gasteiger partial charge in [0, 0.05) is 18.3 Å². The van der Waals surface area contributed by atoms with E-state index in [0.717, 1.165) is 22.5 Å². The van der Waals surface area contributed by atoms with E-state index in [1.807, 2.05) is 38.7 Å². The fraction of sp³-hybridized carbons (Fsp3) is 0.400. The molecule has 0 saturated heterocycles.